The summed E-state index contributed by atoms with van der Waals surface area (Å²) in [5.41, 5.74) is 0.353. The molecule has 0 bridgehead atoms. The second-order valence-corrected chi connectivity index (χ2v) is 7.50. The average molecular weight is 336 g/mol. The van der Waals surface area contributed by atoms with Gasteiger partial charge in [0, 0.05) is 32.7 Å². The van der Waals surface area contributed by atoms with E-state index in [1.807, 2.05) is 0 Å². The van der Waals surface area contributed by atoms with Gasteiger partial charge in [-0.05, 0) is 24.7 Å². The van der Waals surface area contributed by atoms with Crippen molar-refractivity contribution >= 4 is 5.96 Å². The molecular weight excluding hydrogens is 305 g/mol. The second kappa shape index (κ2) is 8.76. The third-order valence-electron chi connectivity index (χ3n) is 3.89. The normalized spacial score (nSPS) is 20.8. The first-order valence-electron chi connectivity index (χ1n) is 8.35. The van der Waals surface area contributed by atoms with E-state index in [-0.39, 0.29) is 6.04 Å². The fraction of sp³-hybridized carbons (Fsp3) is 0.938. The highest BCUT2D eigenvalue weighted by Crippen LogP contribution is 2.21. The van der Waals surface area contributed by atoms with E-state index in [0.717, 1.165) is 19.4 Å². The number of guanidine groups is 1. The van der Waals surface area contributed by atoms with Gasteiger partial charge in [-0.3, -0.25) is 9.89 Å². The monoisotopic (exact) mass is 336 g/mol. The molecule has 7 heteroatoms. The summed E-state index contributed by atoms with van der Waals surface area (Å²) in [4.78, 5) is 5.59. The Morgan fingerprint density at radius 2 is 1.91 bits per heavy atom. The van der Waals surface area contributed by atoms with Crippen LogP contribution in [0.3, 0.4) is 0 Å². The maximum absolute atomic E-state index is 12.4. The Morgan fingerprint density at radius 1 is 1.22 bits per heavy atom. The fourth-order valence-electron chi connectivity index (χ4n) is 2.72. The van der Waals surface area contributed by atoms with Gasteiger partial charge in [-0.15, -0.1) is 0 Å². The van der Waals surface area contributed by atoms with Gasteiger partial charge in [0.1, 0.15) is 0 Å². The van der Waals surface area contributed by atoms with Crippen LogP contribution in [0.25, 0.3) is 0 Å². The fourth-order valence-corrected chi connectivity index (χ4v) is 2.72. The number of hydrogen-bond acceptors (Lipinski definition) is 2. The van der Waals surface area contributed by atoms with E-state index >= 15 is 0 Å². The van der Waals surface area contributed by atoms with E-state index in [1.54, 1.807) is 7.05 Å². The largest absolute Gasteiger partial charge is 0.401 e. The second-order valence-electron chi connectivity index (χ2n) is 7.50. The molecule has 0 saturated carbocycles. The number of likely N-dealkylation sites (tertiary alicyclic amines) is 1. The zero-order chi connectivity index (χ0) is 17.5. The molecule has 1 rings (SSSR count). The molecule has 136 valence electrons. The zero-order valence-electron chi connectivity index (χ0n) is 14.8. The Labute approximate surface area is 137 Å². The Bertz CT molecular complexity index is 375. The van der Waals surface area contributed by atoms with Gasteiger partial charge in [0.15, 0.2) is 5.96 Å². The smallest absolute Gasteiger partial charge is 0.356 e. The van der Waals surface area contributed by atoms with Crippen molar-refractivity contribution in [2.45, 2.75) is 58.7 Å². The average Bonchev–Trinajstić information content (AvgIpc) is 2.80. The topological polar surface area (TPSA) is 39.7 Å². The first-order chi connectivity index (χ1) is 10.6. The molecule has 2 N–H and O–H groups in total. The third kappa shape index (κ3) is 9.69. The Hall–Kier alpha value is -0.980. The molecule has 1 fully saturated rings. The van der Waals surface area contributed by atoms with Gasteiger partial charge in [-0.25, -0.2) is 0 Å². The molecule has 0 spiro atoms. The first kappa shape index (κ1) is 20.1. The number of halogens is 3. The third-order valence-corrected chi connectivity index (χ3v) is 3.89. The van der Waals surface area contributed by atoms with E-state index in [4.69, 9.17) is 0 Å². The minimum Gasteiger partial charge on any atom is -0.356 e. The van der Waals surface area contributed by atoms with Crippen LogP contribution < -0.4 is 10.6 Å². The first-order valence-corrected chi connectivity index (χ1v) is 8.35. The Morgan fingerprint density at radius 3 is 2.48 bits per heavy atom. The van der Waals surface area contributed by atoms with E-state index in [2.05, 4.69) is 36.4 Å². The van der Waals surface area contributed by atoms with E-state index < -0.39 is 12.7 Å². The number of aliphatic imine (C=N–C) groups is 1. The summed E-state index contributed by atoms with van der Waals surface area (Å²) in [7, 11) is 1.69. The highest BCUT2D eigenvalue weighted by molar-refractivity contribution is 5.79. The number of nitrogens with one attached hydrogen (secondary N) is 2. The summed E-state index contributed by atoms with van der Waals surface area (Å²) in [6.45, 7) is 7.57. The summed E-state index contributed by atoms with van der Waals surface area (Å²) in [5.74, 6) is 0.680. The summed E-state index contributed by atoms with van der Waals surface area (Å²) in [6, 6.07) is 0.0260. The van der Waals surface area contributed by atoms with Crippen molar-refractivity contribution in [2.75, 3.05) is 33.2 Å². The molecule has 4 nitrogen and oxygen atoms in total. The summed E-state index contributed by atoms with van der Waals surface area (Å²) >= 11 is 0. The molecule has 0 radical (unpaired) electrons. The van der Waals surface area contributed by atoms with Crippen LogP contribution >= 0.6 is 0 Å². The maximum atomic E-state index is 12.4. The van der Waals surface area contributed by atoms with E-state index in [9.17, 15) is 13.2 Å². The molecule has 0 aliphatic carbocycles. The molecule has 23 heavy (non-hydrogen) atoms. The van der Waals surface area contributed by atoms with Gasteiger partial charge in [-0.2, -0.15) is 13.2 Å². The highest BCUT2D eigenvalue weighted by Gasteiger charge is 2.34. The lowest BCUT2D eigenvalue weighted by molar-refractivity contribution is -0.143. The van der Waals surface area contributed by atoms with Crippen molar-refractivity contribution in [1.29, 1.82) is 0 Å². The number of rotatable bonds is 6. The molecule has 0 aromatic carbocycles. The van der Waals surface area contributed by atoms with Crippen LogP contribution in [-0.2, 0) is 0 Å². The van der Waals surface area contributed by atoms with Gasteiger partial charge in [0.05, 0.1) is 6.54 Å². The molecule has 0 amide bonds. The molecular formula is C16H31F3N4. The van der Waals surface area contributed by atoms with Crippen LogP contribution in [0.2, 0.25) is 0 Å². The minimum atomic E-state index is -4.12. The molecule has 1 unspecified atom stereocenters. The van der Waals surface area contributed by atoms with Crippen molar-refractivity contribution in [2.24, 2.45) is 10.4 Å². The lowest BCUT2D eigenvalue weighted by atomic mass is 9.90. The number of hydrogen-bond donors (Lipinski definition) is 2. The lowest BCUT2D eigenvalue weighted by Gasteiger charge is -2.20. The lowest BCUT2D eigenvalue weighted by Crippen LogP contribution is -2.45. The summed E-state index contributed by atoms with van der Waals surface area (Å²) in [5, 5.41) is 6.46. The van der Waals surface area contributed by atoms with Crippen LogP contribution in [0, 0.1) is 5.41 Å². The number of alkyl halides is 3. The van der Waals surface area contributed by atoms with Crippen LogP contribution in [0.5, 0.6) is 0 Å². The quantitative estimate of drug-likeness (QED) is 0.445. The van der Waals surface area contributed by atoms with Gasteiger partial charge in [-0.1, -0.05) is 27.2 Å². The molecule has 1 aliphatic rings. The summed E-state index contributed by atoms with van der Waals surface area (Å²) in [6.07, 6.45) is -0.0302. The van der Waals surface area contributed by atoms with Crippen LogP contribution in [0.4, 0.5) is 13.2 Å². The predicted molar refractivity (Wildman–Crippen MR) is 88.7 cm³/mol. The Kier molecular flexibility index (Phi) is 7.64. The SMILES string of the molecule is CN=C(NCCCCC(C)(C)C)NC1CCN(CC(F)(F)F)C1. The van der Waals surface area contributed by atoms with Crippen molar-refractivity contribution < 1.29 is 13.2 Å². The van der Waals surface area contributed by atoms with Crippen molar-refractivity contribution in [1.82, 2.24) is 15.5 Å². The van der Waals surface area contributed by atoms with Crippen molar-refractivity contribution in [3.63, 3.8) is 0 Å². The minimum absolute atomic E-state index is 0.0260. The Balaban J connectivity index is 2.22. The molecule has 1 atom stereocenters. The highest BCUT2D eigenvalue weighted by atomic mass is 19.4. The van der Waals surface area contributed by atoms with Gasteiger partial charge in [0.25, 0.3) is 0 Å². The molecule has 1 heterocycles. The van der Waals surface area contributed by atoms with Crippen LogP contribution in [0.15, 0.2) is 4.99 Å². The van der Waals surface area contributed by atoms with Crippen LogP contribution in [0.1, 0.15) is 46.5 Å². The van der Waals surface area contributed by atoms with Gasteiger partial charge >= 0.3 is 6.18 Å². The van der Waals surface area contributed by atoms with E-state index in [1.165, 1.54) is 11.3 Å². The molecule has 0 aromatic rings. The van der Waals surface area contributed by atoms with E-state index in [0.29, 0.717) is 30.9 Å². The maximum Gasteiger partial charge on any atom is 0.401 e. The molecule has 1 saturated heterocycles. The standard InChI is InChI=1S/C16H31F3N4/c1-15(2,3)8-5-6-9-21-14(20-4)22-13-7-10-23(11-13)12-16(17,18)19/h13H,5-12H2,1-4H3,(H2,20,21,22). The number of unbranched alkanes of at least 4 members (excludes halogenated alkanes) is 1. The molecule has 0 aromatic heterocycles. The van der Waals surface area contributed by atoms with Crippen LogP contribution in [-0.4, -0.2) is 56.3 Å². The summed E-state index contributed by atoms with van der Waals surface area (Å²) < 4.78 is 37.2. The molecule has 1 aliphatic heterocycles. The van der Waals surface area contributed by atoms with Gasteiger partial charge < -0.3 is 10.6 Å². The van der Waals surface area contributed by atoms with Gasteiger partial charge in [0.2, 0.25) is 0 Å². The van der Waals surface area contributed by atoms with Crippen molar-refractivity contribution in [3.05, 3.63) is 0 Å². The zero-order valence-corrected chi connectivity index (χ0v) is 14.8. The van der Waals surface area contributed by atoms with Crippen molar-refractivity contribution in [3.8, 4) is 0 Å². The number of nitrogens with zero attached hydrogens (tertiary/aromatic N) is 2. The predicted octanol–water partition coefficient (Wildman–Crippen LogP) is 3.00.